The van der Waals surface area contributed by atoms with E-state index in [2.05, 4.69) is 103 Å². The van der Waals surface area contributed by atoms with Crippen LogP contribution in [-0.4, -0.2) is 0 Å². The molecule has 0 unspecified atom stereocenters. The molecule has 27 heavy (non-hydrogen) atoms. The molecule has 2 aromatic carbocycles. The predicted octanol–water partition coefficient (Wildman–Crippen LogP) is 6.66. The second-order valence-corrected chi connectivity index (χ2v) is 9.60. The second-order valence-electron chi connectivity index (χ2n) is 9.60. The molecule has 142 valence electrons. The Morgan fingerprint density at radius 2 is 1.67 bits per heavy atom. The molecule has 0 fully saturated rings. The number of benzene rings is 2. The number of nitrogens with zero attached hydrogens (tertiary/aromatic N) is 1. The van der Waals surface area contributed by atoms with E-state index in [0.29, 0.717) is 11.3 Å². The molecular formula is C26H34N+. The van der Waals surface area contributed by atoms with Gasteiger partial charge >= 0.3 is 0 Å². The Balaban J connectivity index is 2.24. The summed E-state index contributed by atoms with van der Waals surface area (Å²) in [5, 5.41) is 2.66. The summed E-state index contributed by atoms with van der Waals surface area (Å²) in [5.41, 5.74) is 8.55. The zero-order valence-corrected chi connectivity index (χ0v) is 18.3. The lowest BCUT2D eigenvalue weighted by Gasteiger charge is -2.19. The van der Waals surface area contributed by atoms with Crippen molar-refractivity contribution in [2.45, 2.75) is 60.8 Å². The van der Waals surface area contributed by atoms with Crippen molar-refractivity contribution in [1.29, 1.82) is 0 Å². The summed E-state index contributed by atoms with van der Waals surface area (Å²) in [6.45, 7) is 15.9. The van der Waals surface area contributed by atoms with Gasteiger partial charge in [-0.3, -0.25) is 0 Å². The third kappa shape index (κ3) is 4.08. The number of rotatable bonds is 3. The SMILES string of the molecule is Cc1cc(C(C)C)cc(-c2c3ccc(CC(C)(C)C)cc3cc[n+]2C)c1C. The molecule has 3 rings (SSSR count). The minimum absolute atomic E-state index is 0.301. The van der Waals surface area contributed by atoms with Gasteiger partial charge in [0, 0.05) is 6.07 Å². The van der Waals surface area contributed by atoms with E-state index < -0.39 is 0 Å². The van der Waals surface area contributed by atoms with Crippen LogP contribution in [0.1, 0.15) is 62.8 Å². The van der Waals surface area contributed by atoms with Gasteiger partial charge in [0.25, 0.3) is 0 Å². The van der Waals surface area contributed by atoms with E-state index in [1.54, 1.807) is 0 Å². The summed E-state index contributed by atoms with van der Waals surface area (Å²) in [5.74, 6) is 0.529. The van der Waals surface area contributed by atoms with E-state index >= 15 is 0 Å². The van der Waals surface area contributed by atoms with Crippen molar-refractivity contribution >= 4 is 10.8 Å². The lowest BCUT2D eigenvalue weighted by atomic mass is 9.87. The molecule has 0 bridgehead atoms. The first-order valence-corrected chi connectivity index (χ1v) is 10.1. The molecule has 0 aliphatic heterocycles. The summed E-state index contributed by atoms with van der Waals surface area (Å²) in [7, 11) is 2.16. The number of hydrogen-bond acceptors (Lipinski definition) is 0. The quantitative estimate of drug-likeness (QED) is 0.460. The maximum absolute atomic E-state index is 2.39. The molecule has 1 aromatic heterocycles. The third-order valence-electron chi connectivity index (χ3n) is 5.55. The van der Waals surface area contributed by atoms with Crippen LogP contribution in [0.3, 0.4) is 0 Å². The Kier molecular flexibility index (Phi) is 5.16. The zero-order valence-electron chi connectivity index (χ0n) is 18.3. The van der Waals surface area contributed by atoms with Crippen LogP contribution in [0.25, 0.3) is 22.0 Å². The predicted molar refractivity (Wildman–Crippen MR) is 117 cm³/mol. The first kappa shape index (κ1) is 19.6. The largest absolute Gasteiger partial charge is 0.220 e. The first-order chi connectivity index (χ1) is 12.6. The molecule has 0 saturated heterocycles. The van der Waals surface area contributed by atoms with E-state index in [4.69, 9.17) is 0 Å². The van der Waals surface area contributed by atoms with Crippen LogP contribution in [0.2, 0.25) is 0 Å². The Bertz CT molecular complexity index is 987. The van der Waals surface area contributed by atoms with Gasteiger partial charge in [0.1, 0.15) is 7.05 Å². The van der Waals surface area contributed by atoms with Crippen molar-refractivity contribution in [3.8, 4) is 11.3 Å². The molecule has 0 saturated carbocycles. The number of aromatic nitrogens is 1. The highest BCUT2D eigenvalue weighted by Gasteiger charge is 2.20. The van der Waals surface area contributed by atoms with Crippen LogP contribution in [0.15, 0.2) is 42.6 Å². The van der Waals surface area contributed by atoms with Gasteiger partial charge in [-0.05, 0) is 71.4 Å². The Morgan fingerprint density at radius 3 is 2.30 bits per heavy atom. The molecule has 0 radical (unpaired) electrons. The standard InChI is InChI=1S/C26H34N/c1-17(2)22-13-18(3)19(4)24(15-22)25-23-10-9-20(16-26(5,6)7)14-21(23)11-12-27(25)8/h9-15,17H,16H2,1-8H3/q+1. The summed E-state index contributed by atoms with van der Waals surface area (Å²) in [4.78, 5) is 0. The van der Waals surface area contributed by atoms with Crippen LogP contribution in [-0.2, 0) is 13.5 Å². The average Bonchev–Trinajstić information content (AvgIpc) is 2.56. The number of aryl methyl sites for hydroxylation is 2. The molecule has 0 aliphatic carbocycles. The van der Waals surface area contributed by atoms with Gasteiger partial charge in [-0.15, -0.1) is 0 Å². The molecule has 1 heterocycles. The highest BCUT2D eigenvalue weighted by atomic mass is 14.9. The molecule has 1 nitrogen and oxygen atoms in total. The zero-order chi connectivity index (χ0) is 19.9. The van der Waals surface area contributed by atoms with Crippen LogP contribution in [0.5, 0.6) is 0 Å². The molecule has 0 spiro atoms. The number of hydrogen-bond donors (Lipinski definition) is 0. The average molecular weight is 361 g/mol. The van der Waals surface area contributed by atoms with E-state index in [-0.39, 0.29) is 0 Å². The van der Waals surface area contributed by atoms with Crippen molar-refractivity contribution in [3.05, 3.63) is 64.8 Å². The molecular weight excluding hydrogens is 326 g/mol. The first-order valence-electron chi connectivity index (χ1n) is 10.1. The molecule has 0 N–H and O–H groups in total. The maximum atomic E-state index is 2.39. The monoisotopic (exact) mass is 360 g/mol. The van der Waals surface area contributed by atoms with Gasteiger partial charge in [-0.1, -0.05) is 52.8 Å². The lowest BCUT2D eigenvalue weighted by molar-refractivity contribution is -0.659. The topological polar surface area (TPSA) is 3.88 Å². The second kappa shape index (κ2) is 7.11. The molecule has 0 atom stereocenters. The number of fused-ring (bicyclic) bond motifs is 1. The van der Waals surface area contributed by atoms with E-state index in [1.165, 1.54) is 44.3 Å². The van der Waals surface area contributed by atoms with Crippen molar-refractivity contribution in [2.75, 3.05) is 0 Å². The van der Waals surface area contributed by atoms with Crippen molar-refractivity contribution in [3.63, 3.8) is 0 Å². The van der Waals surface area contributed by atoms with Gasteiger partial charge in [-0.25, -0.2) is 4.57 Å². The minimum Gasteiger partial charge on any atom is -0.200 e. The normalized spacial score (nSPS) is 12.2. The highest BCUT2D eigenvalue weighted by Crippen LogP contribution is 2.33. The number of pyridine rings is 1. The Morgan fingerprint density at radius 1 is 0.963 bits per heavy atom. The summed E-state index contributed by atoms with van der Waals surface area (Å²) in [6, 6.07) is 14.0. The smallest absolute Gasteiger partial charge is 0.200 e. The fraction of sp³-hybridized carbons (Fsp3) is 0.423. The Hall–Kier alpha value is -2.15. The van der Waals surface area contributed by atoms with Gasteiger partial charge in [0.15, 0.2) is 6.20 Å². The minimum atomic E-state index is 0.301. The van der Waals surface area contributed by atoms with E-state index in [1.807, 2.05) is 0 Å². The summed E-state index contributed by atoms with van der Waals surface area (Å²) >= 11 is 0. The lowest BCUT2D eigenvalue weighted by Crippen LogP contribution is -2.31. The fourth-order valence-corrected chi connectivity index (χ4v) is 3.95. The molecule has 0 amide bonds. The van der Waals surface area contributed by atoms with Crippen LogP contribution in [0.4, 0.5) is 0 Å². The van der Waals surface area contributed by atoms with Crippen molar-refractivity contribution < 1.29 is 4.57 Å². The summed E-state index contributed by atoms with van der Waals surface area (Å²) < 4.78 is 2.28. The van der Waals surface area contributed by atoms with Gasteiger partial charge in [0.2, 0.25) is 5.69 Å². The van der Waals surface area contributed by atoms with Crippen LogP contribution >= 0.6 is 0 Å². The molecule has 0 aliphatic rings. The van der Waals surface area contributed by atoms with Gasteiger partial charge < -0.3 is 0 Å². The molecule has 3 aromatic rings. The van der Waals surface area contributed by atoms with Crippen LogP contribution in [0, 0.1) is 19.3 Å². The Labute approximate surface area is 165 Å². The summed E-state index contributed by atoms with van der Waals surface area (Å²) in [6.07, 6.45) is 3.30. The fourth-order valence-electron chi connectivity index (χ4n) is 3.95. The van der Waals surface area contributed by atoms with Gasteiger partial charge in [-0.2, -0.15) is 0 Å². The van der Waals surface area contributed by atoms with Crippen molar-refractivity contribution in [1.82, 2.24) is 0 Å². The molecule has 1 heteroatoms. The maximum Gasteiger partial charge on any atom is 0.220 e. The van der Waals surface area contributed by atoms with E-state index in [9.17, 15) is 0 Å². The van der Waals surface area contributed by atoms with Crippen LogP contribution < -0.4 is 4.57 Å². The third-order valence-corrected chi connectivity index (χ3v) is 5.55. The van der Waals surface area contributed by atoms with E-state index in [0.717, 1.165) is 6.42 Å². The van der Waals surface area contributed by atoms with Crippen molar-refractivity contribution in [2.24, 2.45) is 12.5 Å². The van der Waals surface area contributed by atoms with Gasteiger partial charge in [0.05, 0.1) is 10.9 Å². The highest BCUT2D eigenvalue weighted by molar-refractivity contribution is 5.94.